The Morgan fingerprint density at radius 2 is 2.11 bits per heavy atom. The highest BCUT2D eigenvalue weighted by atomic mass is 32.2. The lowest BCUT2D eigenvalue weighted by Gasteiger charge is -2.17. The van der Waals surface area contributed by atoms with Crippen LogP contribution < -0.4 is 10.1 Å². The number of nitrogens with zero attached hydrogens (tertiary/aromatic N) is 1. The molecule has 0 aliphatic rings. The molecule has 1 aromatic carbocycles. The van der Waals surface area contributed by atoms with Gasteiger partial charge in [-0.3, -0.25) is 0 Å². The van der Waals surface area contributed by atoms with Crippen LogP contribution in [-0.4, -0.2) is 47.0 Å². The monoisotopic (exact) mass is 290 g/mol. The van der Waals surface area contributed by atoms with Crippen molar-refractivity contribution >= 4 is 10.0 Å². The Morgan fingerprint density at radius 1 is 1.42 bits per heavy atom. The molecule has 108 valence electrons. The summed E-state index contributed by atoms with van der Waals surface area (Å²) in [5.41, 5.74) is 0. The van der Waals surface area contributed by atoms with E-state index in [4.69, 9.17) is 4.74 Å². The Balaban J connectivity index is 2.90. The van der Waals surface area contributed by atoms with E-state index in [9.17, 15) is 12.8 Å². The zero-order valence-electron chi connectivity index (χ0n) is 11.3. The van der Waals surface area contributed by atoms with Crippen molar-refractivity contribution in [1.29, 1.82) is 0 Å². The van der Waals surface area contributed by atoms with Gasteiger partial charge in [0.25, 0.3) is 0 Å². The molecular weight excluding hydrogens is 271 g/mol. The lowest BCUT2D eigenvalue weighted by molar-refractivity contribution is 0.385. The summed E-state index contributed by atoms with van der Waals surface area (Å²) in [5.74, 6) is -0.663. The Labute approximate surface area is 113 Å². The number of rotatable bonds is 7. The zero-order chi connectivity index (χ0) is 14.5. The number of hydrogen-bond donors (Lipinski definition) is 1. The Bertz CT molecular complexity index is 520. The molecule has 1 N–H and O–H groups in total. The van der Waals surface area contributed by atoms with Crippen molar-refractivity contribution in [3.63, 3.8) is 0 Å². The highest BCUT2D eigenvalue weighted by molar-refractivity contribution is 7.89. The molecule has 0 bridgehead atoms. The number of methoxy groups -OCH3 is 1. The van der Waals surface area contributed by atoms with Crippen molar-refractivity contribution in [2.75, 3.05) is 34.3 Å². The second kappa shape index (κ2) is 6.83. The van der Waals surface area contributed by atoms with Crippen LogP contribution in [0.4, 0.5) is 4.39 Å². The van der Waals surface area contributed by atoms with E-state index in [0.29, 0.717) is 13.0 Å². The summed E-state index contributed by atoms with van der Waals surface area (Å²) in [5, 5.41) is 2.94. The molecule has 0 radical (unpaired) electrons. The SMILES string of the molecule is CNCCCN(C)S(=O)(=O)c1ccc(OC)c(F)c1. The molecule has 5 nitrogen and oxygen atoms in total. The molecule has 0 aliphatic carbocycles. The number of sulfonamides is 1. The van der Waals surface area contributed by atoms with Crippen molar-refractivity contribution in [1.82, 2.24) is 9.62 Å². The average Bonchev–Trinajstić information content (AvgIpc) is 2.38. The standard InChI is InChI=1S/C12H19FN2O3S/c1-14-7-4-8-15(2)19(16,17)10-5-6-12(18-3)11(13)9-10/h5-6,9,14H,4,7-8H2,1-3H3. The zero-order valence-corrected chi connectivity index (χ0v) is 12.1. The third-order valence-electron chi connectivity index (χ3n) is 2.73. The van der Waals surface area contributed by atoms with Crippen LogP contribution in [0.1, 0.15) is 6.42 Å². The largest absolute Gasteiger partial charge is 0.494 e. The summed E-state index contributed by atoms with van der Waals surface area (Å²) in [6.07, 6.45) is 0.685. The number of nitrogens with one attached hydrogen (secondary N) is 1. The minimum absolute atomic E-state index is 0.0248. The highest BCUT2D eigenvalue weighted by Crippen LogP contribution is 2.22. The van der Waals surface area contributed by atoms with Crippen LogP contribution in [-0.2, 0) is 10.0 Å². The molecule has 0 fully saturated rings. The molecule has 1 aromatic rings. The van der Waals surface area contributed by atoms with Crippen molar-refractivity contribution in [3.05, 3.63) is 24.0 Å². The van der Waals surface area contributed by atoms with E-state index in [1.165, 1.54) is 30.6 Å². The molecule has 0 aromatic heterocycles. The van der Waals surface area contributed by atoms with Gasteiger partial charge in [-0.25, -0.2) is 17.1 Å². The minimum atomic E-state index is -3.66. The van der Waals surface area contributed by atoms with Gasteiger partial charge in [0.05, 0.1) is 12.0 Å². The first-order chi connectivity index (χ1) is 8.93. The van der Waals surface area contributed by atoms with Gasteiger partial charge >= 0.3 is 0 Å². The summed E-state index contributed by atoms with van der Waals surface area (Å²) in [4.78, 5) is -0.0715. The fourth-order valence-corrected chi connectivity index (χ4v) is 2.81. The van der Waals surface area contributed by atoms with Crippen LogP contribution in [0.3, 0.4) is 0 Å². The van der Waals surface area contributed by atoms with Gasteiger partial charge in [-0.1, -0.05) is 0 Å². The maximum absolute atomic E-state index is 13.5. The van der Waals surface area contributed by atoms with E-state index in [2.05, 4.69) is 5.32 Å². The van der Waals surface area contributed by atoms with E-state index in [1.807, 2.05) is 0 Å². The van der Waals surface area contributed by atoms with E-state index in [0.717, 1.165) is 12.6 Å². The van der Waals surface area contributed by atoms with Crippen LogP contribution in [0.15, 0.2) is 23.1 Å². The van der Waals surface area contributed by atoms with Crippen molar-refractivity contribution in [2.24, 2.45) is 0 Å². The van der Waals surface area contributed by atoms with Crippen LogP contribution in [0, 0.1) is 5.82 Å². The van der Waals surface area contributed by atoms with Crippen LogP contribution in [0.5, 0.6) is 5.75 Å². The lowest BCUT2D eigenvalue weighted by atomic mass is 10.3. The quantitative estimate of drug-likeness (QED) is 0.763. The first-order valence-corrected chi connectivity index (χ1v) is 7.32. The molecule has 0 atom stereocenters. The first-order valence-electron chi connectivity index (χ1n) is 5.88. The number of hydrogen-bond acceptors (Lipinski definition) is 4. The van der Waals surface area contributed by atoms with E-state index in [-0.39, 0.29) is 10.6 Å². The third kappa shape index (κ3) is 3.89. The van der Waals surface area contributed by atoms with Gasteiger partial charge < -0.3 is 10.1 Å². The minimum Gasteiger partial charge on any atom is -0.494 e. The molecule has 19 heavy (non-hydrogen) atoms. The van der Waals surface area contributed by atoms with E-state index < -0.39 is 15.8 Å². The second-order valence-corrected chi connectivity index (χ2v) is 6.12. The van der Waals surface area contributed by atoms with Gasteiger partial charge in [-0.15, -0.1) is 0 Å². The molecular formula is C12H19FN2O3S. The molecule has 7 heteroatoms. The van der Waals surface area contributed by atoms with Gasteiger partial charge in [0, 0.05) is 13.6 Å². The fourth-order valence-electron chi connectivity index (χ4n) is 1.59. The van der Waals surface area contributed by atoms with Crippen LogP contribution in [0.25, 0.3) is 0 Å². The van der Waals surface area contributed by atoms with Crippen molar-refractivity contribution < 1.29 is 17.5 Å². The Hall–Kier alpha value is -1.18. The lowest BCUT2D eigenvalue weighted by Crippen LogP contribution is -2.29. The maximum Gasteiger partial charge on any atom is 0.242 e. The van der Waals surface area contributed by atoms with E-state index in [1.54, 1.807) is 7.05 Å². The molecule has 1 rings (SSSR count). The second-order valence-electron chi connectivity index (χ2n) is 4.08. The summed E-state index contributed by atoms with van der Waals surface area (Å²) in [6, 6.07) is 3.62. The van der Waals surface area contributed by atoms with Crippen molar-refractivity contribution in [2.45, 2.75) is 11.3 Å². The molecule has 0 heterocycles. The molecule has 0 saturated heterocycles. The molecule has 0 aliphatic heterocycles. The van der Waals surface area contributed by atoms with Crippen LogP contribution >= 0.6 is 0 Å². The average molecular weight is 290 g/mol. The van der Waals surface area contributed by atoms with Gasteiger partial charge in [-0.05, 0) is 38.2 Å². The van der Waals surface area contributed by atoms with Gasteiger partial charge in [0.2, 0.25) is 10.0 Å². The Morgan fingerprint density at radius 3 is 2.63 bits per heavy atom. The summed E-state index contributed by atoms with van der Waals surface area (Å²) >= 11 is 0. The summed E-state index contributed by atoms with van der Waals surface area (Å²) in [7, 11) is 0.951. The van der Waals surface area contributed by atoms with Gasteiger partial charge in [0.1, 0.15) is 0 Å². The normalized spacial score (nSPS) is 11.8. The summed E-state index contributed by atoms with van der Waals surface area (Å²) < 4.78 is 43.9. The first kappa shape index (κ1) is 15.9. The summed E-state index contributed by atoms with van der Waals surface area (Å²) in [6.45, 7) is 1.09. The molecule has 0 amide bonds. The number of halogens is 1. The predicted octanol–water partition coefficient (Wildman–Crippen LogP) is 1.06. The van der Waals surface area contributed by atoms with Gasteiger partial charge in [-0.2, -0.15) is 0 Å². The smallest absolute Gasteiger partial charge is 0.242 e. The molecule has 0 saturated carbocycles. The fraction of sp³-hybridized carbons (Fsp3) is 0.500. The maximum atomic E-state index is 13.5. The van der Waals surface area contributed by atoms with Gasteiger partial charge in [0.15, 0.2) is 11.6 Å². The van der Waals surface area contributed by atoms with Crippen LogP contribution in [0.2, 0.25) is 0 Å². The van der Waals surface area contributed by atoms with E-state index >= 15 is 0 Å². The third-order valence-corrected chi connectivity index (χ3v) is 4.58. The highest BCUT2D eigenvalue weighted by Gasteiger charge is 2.21. The van der Waals surface area contributed by atoms with Crippen molar-refractivity contribution in [3.8, 4) is 5.75 Å². The topological polar surface area (TPSA) is 58.6 Å². The molecule has 0 spiro atoms. The number of benzene rings is 1. The Kier molecular flexibility index (Phi) is 5.71. The number of ether oxygens (including phenoxy) is 1. The molecule has 0 unspecified atom stereocenters. The predicted molar refractivity (Wildman–Crippen MR) is 71.3 cm³/mol.